The van der Waals surface area contributed by atoms with Gasteiger partial charge in [-0.3, -0.25) is 0 Å². The van der Waals surface area contributed by atoms with Crippen LogP contribution in [0.5, 0.6) is 0 Å². The number of hydrogen-bond acceptors (Lipinski definition) is 3. The number of rotatable bonds is 4. The van der Waals surface area contributed by atoms with Gasteiger partial charge in [0.25, 0.3) is 0 Å². The summed E-state index contributed by atoms with van der Waals surface area (Å²) in [5.74, 6) is 0.0983. The van der Waals surface area contributed by atoms with E-state index in [1.165, 1.54) is 7.11 Å². The summed E-state index contributed by atoms with van der Waals surface area (Å²) in [6.45, 7) is 0. The smallest absolute Gasteiger partial charge is 0.339 e. The predicted octanol–water partition coefficient (Wildman–Crippen LogP) is 2.52. The van der Waals surface area contributed by atoms with Crippen LogP contribution in [0.1, 0.15) is 27.9 Å². The second-order valence-corrected chi connectivity index (χ2v) is 3.65. The zero-order chi connectivity index (χ0) is 12.0. The number of nitrogens with zero attached hydrogens (tertiary/aromatic N) is 1. The third-order valence-corrected chi connectivity index (χ3v) is 2.48. The molecule has 0 bridgehead atoms. The first-order chi connectivity index (χ1) is 7.72. The van der Waals surface area contributed by atoms with Crippen molar-refractivity contribution in [3.05, 3.63) is 34.9 Å². The number of esters is 1. The van der Waals surface area contributed by atoms with Gasteiger partial charge in [0.05, 0.1) is 18.2 Å². The minimum absolute atomic E-state index is 0.305. The molecule has 0 aliphatic carbocycles. The van der Waals surface area contributed by atoms with Crippen LogP contribution >= 0.6 is 11.6 Å². The first-order valence-electron chi connectivity index (χ1n) is 4.90. The highest BCUT2D eigenvalue weighted by atomic mass is 35.5. The number of alkyl halides is 1. The summed E-state index contributed by atoms with van der Waals surface area (Å²) >= 11 is 5.59. The monoisotopic (exact) mass is 237 g/mol. The van der Waals surface area contributed by atoms with E-state index in [0.29, 0.717) is 17.0 Å². The zero-order valence-electron chi connectivity index (χ0n) is 9.00. The molecule has 1 rings (SSSR count). The average Bonchev–Trinajstić information content (AvgIpc) is 2.34. The summed E-state index contributed by atoms with van der Waals surface area (Å²) in [6.07, 6.45) is 1.66. The lowest BCUT2D eigenvalue weighted by atomic mass is 10.0. The molecule has 0 heterocycles. The number of carbonyl (C=O) groups is 1. The molecule has 3 nitrogen and oxygen atoms in total. The summed E-state index contributed by atoms with van der Waals surface area (Å²) in [6, 6.07) is 7.14. The van der Waals surface area contributed by atoms with Crippen LogP contribution in [0.25, 0.3) is 0 Å². The lowest BCUT2D eigenvalue weighted by Crippen LogP contribution is -2.04. The van der Waals surface area contributed by atoms with Crippen molar-refractivity contribution in [2.24, 2.45) is 0 Å². The Morgan fingerprint density at radius 1 is 1.56 bits per heavy atom. The Morgan fingerprint density at radius 2 is 2.31 bits per heavy atom. The van der Waals surface area contributed by atoms with Gasteiger partial charge in [-0.15, -0.1) is 11.6 Å². The fraction of sp³-hybridized carbons (Fsp3) is 0.333. The Labute approximate surface area is 99.6 Å². The molecular formula is C12H12ClNO2. The van der Waals surface area contributed by atoms with E-state index in [1.54, 1.807) is 12.1 Å². The lowest BCUT2D eigenvalue weighted by Gasteiger charge is -2.04. The van der Waals surface area contributed by atoms with Crippen molar-refractivity contribution in [3.8, 4) is 6.07 Å². The second kappa shape index (κ2) is 6.14. The molecule has 0 saturated carbocycles. The summed E-state index contributed by atoms with van der Waals surface area (Å²) in [4.78, 5) is 11.3. The van der Waals surface area contributed by atoms with Gasteiger partial charge in [-0.1, -0.05) is 6.07 Å². The van der Waals surface area contributed by atoms with E-state index in [-0.39, 0.29) is 0 Å². The SMILES string of the molecule is COC(=O)c1ccc(CCCCl)cc1C#N. The van der Waals surface area contributed by atoms with Crippen LogP contribution in [-0.4, -0.2) is 19.0 Å². The molecule has 0 aliphatic rings. The highest BCUT2D eigenvalue weighted by Crippen LogP contribution is 2.14. The zero-order valence-corrected chi connectivity index (χ0v) is 9.75. The number of aryl methyl sites for hydroxylation is 1. The van der Waals surface area contributed by atoms with Gasteiger partial charge < -0.3 is 4.74 Å². The van der Waals surface area contributed by atoms with E-state index >= 15 is 0 Å². The summed E-state index contributed by atoms with van der Waals surface area (Å²) in [5, 5.41) is 8.93. The molecule has 0 unspecified atom stereocenters. The molecule has 0 aliphatic heterocycles. The number of ether oxygens (including phenoxy) is 1. The molecule has 1 aromatic carbocycles. The topological polar surface area (TPSA) is 50.1 Å². The van der Waals surface area contributed by atoms with Crippen molar-refractivity contribution in [1.29, 1.82) is 5.26 Å². The summed E-state index contributed by atoms with van der Waals surface area (Å²) in [7, 11) is 1.30. The van der Waals surface area contributed by atoms with Gasteiger partial charge in [-0.05, 0) is 30.5 Å². The predicted molar refractivity (Wildman–Crippen MR) is 61.5 cm³/mol. The van der Waals surface area contributed by atoms with Gasteiger partial charge >= 0.3 is 5.97 Å². The fourth-order valence-corrected chi connectivity index (χ4v) is 1.53. The Bertz CT molecular complexity index is 424. The maximum Gasteiger partial charge on any atom is 0.339 e. The van der Waals surface area contributed by atoms with Crippen LogP contribution < -0.4 is 0 Å². The van der Waals surface area contributed by atoms with Gasteiger partial charge in [0, 0.05) is 5.88 Å². The molecule has 0 fully saturated rings. The van der Waals surface area contributed by atoms with Gasteiger partial charge in [0.15, 0.2) is 0 Å². The summed E-state index contributed by atoms with van der Waals surface area (Å²) < 4.78 is 4.59. The number of methoxy groups -OCH3 is 1. The lowest BCUT2D eigenvalue weighted by molar-refractivity contribution is 0.0600. The first kappa shape index (κ1) is 12.5. The van der Waals surface area contributed by atoms with E-state index in [2.05, 4.69) is 4.74 Å². The average molecular weight is 238 g/mol. The molecule has 0 aromatic heterocycles. The minimum atomic E-state index is -0.486. The van der Waals surface area contributed by atoms with Crippen molar-refractivity contribution in [3.63, 3.8) is 0 Å². The van der Waals surface area contributed by atoms with Crippen LogP contribution in [0, 0.1) is 11.3 Å². The van der Waals surface area contributed by atoms with E-state index in [1.807, 2.05) is 12.1 Å². The van der Waals surface area contributed by atoms with E-state index < -0.39 is 5.97 Å². The van der Waals surface area contributed by atoms with Crippen LogP contribution in [0.4, 0.5) is 0 Å². The Morgan fingerprint density at radius 3 is 2.88 bits per heavy atom. The summed E-state index contributed by atoms with van der Waals surface area (Å²) in [5.41, 5.74) is 1.66. The quantitative estimate of drug-likeness (QED) is 0.597. The van der Waals surface area contributed by atoms with Gasteiger partial charge in [0.2, 0.25) is 0 Å². The number of hydrogen-bond donors (Lipinski definition) is 0. The Balaban J connectivity index is 2.98. The first-order valence-corrected chi connectivity index (χ1v) is 5.43. The molecule has 16 heavy (non-hydrogen) atoms. The Kier molecular flexibility index (Phi) is 4.81. The third kappa shape index (κ3) is 2.98. The maximum atomic E-state index is 11.3. The largest absolute Gasteiger partial charge is 0.465 e. The van der Waals surface area contributed by atoms with Gasteiger partial charge in [-0.2, -0.15) is 5.26 Å². The molecule has 0 saturated heterocycles. The number of halogens is 1. The molecule has 0 N–H and O–H groups in total. The normalized spacial score (nSPS) is 9.56. The van der Waals surface area contributed by atoms with Crippen molar-refractivity contribution in [2.45, 2.75) is 12.8 Å². The van der Waals surface area contributed by atoms with E-state index in [0.717, 1.165) is 18.4 Å². The second-order valence-electron chi connectivity index (χ2n) is 3.28. The Hall–Kier alpha value is -1.53. The van der Waals surface area contributed by atoms with Crippen LogP contribution in [-0.2, 0) is 11.2 Å². The van der Waals surface area contributed by atoms with E-state index in [9.17, 15) is 4.79 Å². The highest BCUT2D eigenvalue weighted by Gasteiger charge is 2.11. The van der Waals surface area contributed by atoms with Gasteiger partial charge in [-0.25, -0.2) is 4.79 Å². The molecule has 0 atom stereocenters. The van der Waals surface area contributed by atoms with Crippen LogP contribution in [0.15, 0.2) is 18.2 Å². The van der Waals surface area contributed by atoms with Crippen LogP contribution in [0.3, 0.4) is 0 Å². The van der Waals surface area contributed by atoms with Crippen molar-refractivity contribution in [1.82, 2.24) is 0 Å². The third-order valence-electron chi connectivity index (χ3n) is 2.21. The van der Waals surface area contributed by atoms with Crippen molar-refractivity contribution >= 4 is 17.6 Å². The number of nitriles is 1. The van der Waals surface area contributed by atoms with Crippen molar-refractivity contribution < 1.29 is 9.53 Å². The van der Waals surface area contributed by atoms with Gasteiger partial charge in [0.1, 0.15) is 6.07 Å². The number of benzene rings is 1. The minimum Gasteiger partial charge on any atom is -0.465 e. The molecule has 1 aromatic rings. The molecular weight excluding hydrogens is 226 g/mol. The molecule has 0 spiro atoms. The fourth-order valence-electron chi connectivity index (χ4n) is 1.40. The maximum absolute atomic E-state index is 11.3. The highest BCUT2D eigenvalue weighted by molar-refractivity contribution is 6.17. The molecule has 0 radical (unpaired) electrons. The molecule has 4 heteroatoms. The standard InChI is InChI=1S/C12H12ClNO2/c1-16-12(15)11-5-4-9(3-2-6-13)7-10(11)8-14/h4-5,7H,2-3,6H2,1H3. The van der Waals surface area contributed by atoms with E-state index in [4.69, 9.17) is 16.9 Å². The van der Waals surface area contributed by atoms with Crippen molar-refractivity contribution in [2.75, 3.05) is 13.0 Å². The van der Waals surface area contributed by atoms with Crippen LogP contribution in [0.2, 0.25) is 0 Å². The molecule has 0 amide bonds. The molecule has 84 valence electrons. The number of carbonyl (C=O) groups excluding carboxylic acids is 1.